The summed E-state index contributed by atoms with van der Waals surface area (Å²) >= 11 is 2.28. The predicted octanol–water partition coefficient (Wildman–Crippen LogP) is 3.49. The molecule has 0 aliphatic carbocycles. The summed E-state index contributed by atoms with van der Waals surface area (Å²) in [5.74, 6) is 0.720. The van der Waals surface area contributed by atoms with E-state index in [-0.39, 0.29) is 0 Å². The third-order valence-electron chi connectivity index (χ3n) is 2.59. The van der Waals surface area contributed by atoms with E-state index in [1.54, 1.807) is 0 Å². The number of halogens is 1. The largest absolute Gasteiger partial charge is 0.399 e. The first kappa shape index (κ1) is 11.3. The molecular weight excluding hydrogens is 339 g/mol. The number of aromatic amines is 1. The van der Waals surface area contributed by atoms with E-state index in [1.165, 1.54) is 3.57 Å². The Balaban J connectivity index is 1.95. The summed E-state index contributed by atoms with van der Waals surface area (Å²) in [5, 5.41) is 3.24. The van der Waals surface area contributed by atoms with Gasteiger partial charge in [-0.3, -0.25) is 0 Å². The summed E-state index contributed by atoms with van der Waals surface area (Å²) in [7, 11) is 0. The predicted molar refractivity (Wildman–Crippen MR) is 82.9 cm³/mol. The molecule has 0 saturated carbocycles. The summed E-state index contributed by atoms with van der Waals surface area (Å²) in [4.78, 5) is 7.65. The molecule has 3 aromatic rings. The Morgan fingerprint density at radius 3 is 2.89 bits per heavy atom. The van der Waals surface area contributed by atoms with Crippen molar-refractivity contribution >= 4 is 50.9 Å². The first-order valence-electron chi connectivity index (χ1n) is 5.48. The smallest absolute Gasteiger partial charge is 0.205 e. The van der Waals surface area contributed by atoms with Crippen molar-refractivity contribution < 1.29 is 0 Å². The van der Waals surface area contributed by atoms with Gasteiger partial charge in [-0.25, -0.2) is 4.98 Å². The maximum absolute atomic E-state index is 5.74. The Hall–Kier alpha value is -1.76. The summed E-state index contributed by atoms with van der Waals surface area (Å²) < 4.78 is 1.18. The van der Waals surface area contributed by atoms with Crippen molar-refractivity contribution in [1.82, 2.24) is 9.97 Å². The standard InChI is InChI=1S/C13H11IN4/c14-8-2-1-3-10(6-8)16-13-17-11-5-4-9(15)7-12(11)18-13/h1-7H,15H2,(H2,16,17,18). The van der Waals surface area contributed by atoms with Crippen LogP contribution in [0.2, 0.25) is 0 Å². The van der Waals surface area contributed by atoms with Crippen molar-refractivity contribution in [3.63, 3.8) is 0 Å². The van der Waals surface area contributed by atoms with Gasteiger partial charge < -0.3 is 16.0 Å². The molecule has 1 aromatic heterocycles. The van der Waals surface area contributed by atoms with E-state index >= 15 is 0 Å². The first-order valence-corrected chi connectivity index (χ1v) is 6.56. The molecule has 0 saturated heterocycles. The van der Waals surface area contributed by atoms with Gasteiger partial charge in [0.2, 0.25) is 5.95 Å². The fraction of sp³-hybridized carbons (Fsp3) is 0. The first-order chi connectivity index (χ1) is 8.70. The molecular formula is C13H11IN4. The molecule has 0 fully saturated rings. The molecule has 0 aliphatic heterocycles. The van der Waals surface area contributed by atoms with Gasteiger partial charge in [-0.05, 0) is 59.0 Å². The Morgan fingerprint density at radius 1 is 1.17 bits per heavy atom. The number of nitrogen functional groups attached to an aromatic ring is 1. The van der Waals surface area contributed by atoms with E-state index in [1.807, 2.05) is 36.4 Å². The van der Waals surface area contributed by atoms with Crippen LogP contribution in [0, 0.1) is 3.57 Å². The molecule has 5 heteroatoms. The zero-order valence-corrected chi connectivity index (χ0v) is 11.6. The molecule has 0 amide bonds. The lowest BCUT2D eigenvalue weighted by Crippen LogP contribution is -1.92. The summed E-state index contributed by atoms with van der Waals surface area (Å²) in [5.41, 5.74) is 9.31. The average Bonchev–Trinajstić information content (AvgIpc) is 2.70. The van der Waals surface area contributed by atoms with Crippen molar-refractivity contribution in [3.05, 3.63) is 46.0 Å². The number of nitrogens with zero attached hydrogens (tertiary/aromatic N) is 1. The maximum Gasteiger partial charge on any atom is 0.205 e. The highest BCUT2D eigenvalue weighted by Crippen LogP contribution is 2.21. The molecule has 0 spiro atoms. The molecule has 0 radical (unpaired) electrons. The Labute approximate surface area is 118 Å². The van der Waals surface area contributed by atoms with Crippen LogP contribution in [0.15, 0.2) is 42.5 Å². The second-order valence-electron chi connectivity index (χ2n) is 4.00. The number of imidazole rings is 1. The molecule has 1 heterocycles. The van der Waals surface area contributed by atoms with E-state index < -0.39 is 0 Å². The van der Waals surface area contributed by atoms with Gasteiger partial charge in [0.1, 0.15) is 0 Å². The average molecular weight is 350 g/mol. The van der Waals surface area contributed by atoms with Crippen molar-refractivity contribution in [2.24, 2.45) is 0 Å². The zero-order valence-electron chi connectivity index (χ0n) is 9.44. The lowest BCUT2D eigenvalue weighted by atomic mass is 10.3. The summed E-state index contributed by atoms with van der Waals surface area (Å²) in [6, 6.07) is 13.7. The van der Waals surface area contributed by atoms with Crippen molar-refractivity contribution in [2.45, 2.75) is 0 Å². The SMILES string of the molecule is Nc1ccc2nc(Nc3cccc(I)c3)[nH]c2c1. The lowest BCUT2D eigenvalue weighted by Gasteiger charge is -2.02. The van der Waals surface area contributed by atoms with Crippen molar-refractivity contribution in [2.75, 3.05) is 11.1 Å². The van der Waals surface area contributed by atoms with Gasteiger partial charge in [0, 0.05) is 14.9 Å². The minimum atomic E-state index is 0.720. The van der Waals surface area contributed by atoms with E-state index in [0.29, 0.717) is 0 Å². The van der Waals surface area contributed by atoms with E-state index in [9.17, 15) is 0 Å². The highest BCUT2D eigenvalue weighted by atomic mass is 127. The number of hydrogen-bond donors (Lipinski definition) is 3. The number of anilines is 3. The number of nitrogens with one attached hydrogen (secondary N) is 2. The number of hydrogen-bond acceptors (Lipinski definition) is 3. The molecule has 0 bridgehead atoms. The molecule has 0 aliphatic rings. The second kappa shape index (κ2) is 4.49. The van der Waals surface area contributed by atoms with Crippen molar-refractivity contribution in [1.29, 1.82) is 0 Å². The van der Waals surface area contributed by atoms with Gasteiger partial charge in [0.25, 0.3) is 0 Å². The number of H-pyrrole nitrogens is 1. The third-order valence-corrected chi connectivity index (χ3v) is 3.26. The van der Waals surface area contributed by atoms with Crippen molar-refractivity contribution in [3.8, 4) is 0 Å². The number of aromatic nitrogens is 2. The van der Waals surface area contributed by atoms with Crippen LogP contribution in [0.4, 0.5) is 17.3 Å². The van der Waals surface area contributed by atoms with Gasteiger partial charge in [0.15, 0.2) is 0 Å². The fourth-order valence-electron chi connectivity index (χ4n) is 1.79. The van der Waals surface area contributed by atoms with E-state index in [4.69, 9.17) is 5.73 Å². The normalized spacial score (nSPS) is 10.7. The molecule has 4 N–H and O–H groups in total. The quantitative estimate of drug-likeness (QED) is 0.490. The van der Waals surface area contributed by atoms with Crippen LogP contribution in [-0.2, 0) is 0 Å². The Bertz CT molecular complexity index is 705. The third kappa shape index (κ3) is 2.26. The van der Waals surface area contributed by atoms with E-state index in [0.717, 1.165) is 28.4 Å². The van der Waals surface area contributed by atoms with Gasteiger partial charge >= 0.3 is 0 Å². The molecule has 0 unspecified atom stereocenters. The van der Waals surface area contributed by atoms with Crippen LogP contribution in [0.1, 0.15) is 0 Å². The second-order valence-corrected chi connectivity index (χ2v) is 5.24. The fourth-order valence-corrected chi connectivity index (χ4v) is 2.33. The zero-order chi connectivity index (χ0) is 12.5. The Kier molecular flexibility index (Phi) is 2.83. The number of fused-ring (bicyclic) bond motifs is 1. The molecule has 18 heavy (non-hydrogen) atoms. The van der Waals surface area contributed by atoms with Crippen LogP contribution in [-0.4, -0.2) is 9.97 Å². The molecule has 2 aromatic carbocycles. The van der Waals surface area contributed by atoms with Crippen LogP contribution in [0.25, 0.3) is 11.0 Å². The van der Waals surface area contributed by atoms with Gasteiger partial charge in [-0.2, -0.15) is 0 Å². The molecule has 4 nitrogen and oxygen atoms in total. The Morgan fingerprint density at radius 2 is 2.06 bits per heavy atom. The number of rotatable bonds is 2. The maximum atomic E-state index is 5.74. The summed E-state index contributed by atoms with van der Waals surface area (Å²) in [6.45, 7) is 0. The van der Waals surface area contributed by atoms with Gasteiger partial charge in [0.05, 0.1) is 11.0 Å². The van der Waals surface area contributed by atoms with Crippen LogP contribution in [0.5, 0.6) is 0 Å². The highest BCUT2D eigenvalue weighted by molar-refractivity contribution is 14.1. The molecule has 90 valence electrons. The number of benzene rings is 2. The van der Waals surface area contributed by atoms with Gasteiger partial charge in [-0.15, -0.1) is 0 Å². The number of nitrogens with two attached hydrogens (primary N) is 1. The summed E-state index contributed by atoms with van der Waals surface area (Å²) in [6.07, 6.45) is 0. The van der Waals surface area contributed by atoms with Crippen LogP contribution >= 0.6 is 22.6 Å². The van der Waals surface area contributed by atoms with Crippen LogP contribution in [0.3, 0.4) is 0 Å². The minimum Gasteiger partial charge on any atom is -0.399 e. The minimum absolute atomic E-state index is 0.720. The van der Waals surface area contributed by atoms with Crippen LogP contribution < -0.4 is 11.1 Å². The monoisotopic (exact) mass is 350 g/mol. The topological polar surface area (TPSA) is 66.7 Å². The van der Waals surface area contributed by atoms with Gasteiger partial charge in [-0.1, -0.05) is 6.07 Å². The molecule has 3 rings (SSSR count). The molecule has 0 atom stereocenters. The lowest BCUT2D eigenvalue weighted by molar-refractivity contribution is 1.31. The highest BCUT2D eigenvalue weighted by Gasteiger charge is 2.03. The van der Waals surface area contributed by atoms with E-state index in [2.05, 4.69) is 43.9 Å².